The van der Waals surface area contributed by atoms with Gasteiger partial charge in [0.05, 0.1) is 5.69 Å². The van der Waals surface area contributed by atoms with Crippen molar-refractivity contribution < 1.29 is 0 Å². The summed E-state index contributed by atoms with van der Waals surface area (Å²) in [5, 5.41) is 9.12. The second kappa shape index (κ2) is 6.42. The minimum atomic E-state index is 0.257. The van der Waals surface area contributed by atoms with Crippen LogP contribution in [0.4, 0.5) is 0 Å². The second-order valence-corrected chi connectivity index (χ2v) is 5.39. The first-order valence-corrected chi connectivity index (χ1v) is 6.94. The van der Waals surface area contributed by atoms with Crippen LogP contribution in [0.1, 0.15) is 11.3 Å². The highest BCUT2D eigenvalue weighted by atomic mass is 35.5. The van der Waals surface area contributed by atoms with E-state index < -0.39 is 0 Å². The minimum Gasteiger partial charge on any atom is -0.316 e. The molecule has 0 aliphatic rings. The van der Waals surface area contributed by atoms with Crippen molar-refractivity contribution >= 4 is 23.2 Å². The zero-order valence-corrected chi connectivity index (χ0v) is 12.5. The maximum Gasteiger partial charge on any atom is 0.0640 e. The average molecular weight is 298 g/mol. The number of hydrogen-bond acceptors (Lipinski definition) is 2. The van der Waals surface area contributed by atoms with E-state index in [9.17, 15) is 0 Å². The number of rotatable bonds is 5. The number of aryl methyl sites for hydroxylation is 1. The summed E-state index contributed by atoms with van der Waals surface area (Å²) in [7, 11) is 3.86. The Hall–Kier alpha value is -1.03. The van der Waals surface area contributed by atoms with E-state index in [-0.39, 0.29) is 6.04 Å². The van der Waals surface area contributed by atoms with Crippen LogP contribution in [0.25, 0.3) is 0 Å². The van der Waals surface area contributed by atoms with Crippen LogP contribution in [0, 0.1) is 0 Å². The van der Waals surface area contributed by atoms with Crippen LogP contribution in [-0.2, 0) is 19.9 Å². The zero-order chi connectivity index (χ0) is 13.8. The lowest BCUT2D eigenvalue weighted by Gasteiger charge is -2.16. The van der Waals surface area contributed by atoms with Gasteiger partial charge in [-0.25, -0.2) is 0 Å². The van der Waals surface area contributed by atoms with Gasteiger partial charge < -0.3 is 5.32 Å². The van der Waals surface area contributed by atoms with Gasteiger partial charge in [0.1, 0.15) is 0 Å². The fraction of sp³-hybridized carbons (Fsp3) is 0.357. The largest absolute Gasteiger partial charge is 0.316 e. The lowest BCUT2D eigenvalue weighted by atomic mass is 10.0. The van der Waals surface area contributed by atoms with Crippen LogP contribution < -0.4 is 5.32 Å². The summed E-state index contributed by atoms with van der Waals surface area (Å²) in [6.45, 7) is 0. The van der Waals surface area contributed by atoms with E-state index in [1.54, 1.807) is 0 Å². The molecule has 19 heavy (non-hydrogen) atoms. The van der Waals surface area contributed by atoms with Gasteiger partial charge in [0, 0.05) is 35.8 Å². The molecule has 0 fully saturated rings. The molecule has 0 radical (unpaired) electrons. The number of aromatic nitrogens is 2. The summed E-state index contributed by atoms with van der Waals surface area (Å²) in [4.78, 5) is 0. The molecule has 2 aromatic rings. The highest BCUT2D eigenvalue weighted by molar-refractivity contribution is 6.36. The first-order chi connectivity index (χ1) is 9.10. The number of hydrogen-bond donors (Lipinski definition) is 1. The predicted molar refractivity (Wildman–Crippen MR) is 79.9 cm³/mol. The van der Waals surface area contributed by atoms with Gasteiger partial charge in [-0.3, -0.25) is 4.68 Å². The van der Waals surface area contributed by atoms with Gasteiger partial charge in [0.25, 0.3) is 0 Å². The van der Waals surface area contributed by atoms with Crippen LogP contribution in [0.3, 0.4) is 0 Å². The standard InChI is InChI=1S/C14H17Cl2N3/c1-17-11(8-10-6-7-19(2)18-10)9-12-13(15)4-3-5-14(12)16/h3-7,11,17H,8-9H2,1-2H3. The fourth-order valence-electron chi connectivity index (χ4n) is 2.07. The van der Waals surface area contributed by atoms with Crippen molar-refractivity contribution in [1.82, 2.24) is 15.1 Å². The van der Waals surface area contributed by atoms with Crippen molar-refractivity contribution in [3.05, 3.63) is 51.8 Å². The summed E-state index contributed by atoms with van der Waals surface area (Å²) in [6, 6.07) is 7.89. The molecule has 0 saturated carbocycles. The molecule has 5 heteroatoms. The molecule has 1 aromatic carbocycles. The molecule has 1 unspecified atom stereocenters. The third-order valence-corrected chi connectivity index (χ3v) is 3.85. The summed E-state index contributed by atoms with van der Waals surface area (Å²) in [6.07, 6.45) is 3.58. The first-order valence-electron chi connectivity index (χ1n) is 6.19. The van der Waals surface area contributed by atoms with Gasteiger partial charge in [-0.2, -0.15) is 5.10 Å². The van der Waals surface area contributed by atoms with Gasteiger partial charge in [-0.05, 0) is 37.2 Å². The SMILES string of the molecule is CNC(Cc1ccn(C)n1)Cc1c(Cl)cccc1Cl. The lowest BCUT2D eigenvalue weighted by Crippen LogP contribution is -2.30. The second-order valence-electron chi connectivity index (χ2n) is 4.57. The normalized spacial score (nSPS) is 12.6. The minimum absolute atomic E-state index is 0.257. The number of halogens is 2. The zero-order valence-electron chi connectivity index (χ0n) is 11.0. The Morgan fingerprint density at radius 3 is 2.42 bits per heavy atom. The van der Waals surface area contributed by atoms with Gasteiger partial charge in [0.2, 0.25) is 0 Å². The average Bonchev–Trinajstić information content (AvgIpc) is 2.78. The van der Waals surface area contributed by atoms with Crippen molar-refractivity contribution in [3.63, 3.8) is 0 Å². The number of likely N-dealkylation sites (N-methyl/N-ethyl adjacent to an activating group) is 1. The van der Waals surface area contributed by atoms with Gasteiger partial charge >= 0.3 is 0 Å². The van der Waals surface area contributed by atoms with Gasteiger partial charge in [-0.15, -0.1) is 0 Å². The van der Waals surface area contributed by atoms with Crippen molar-refractivity contribution in [2.75, 3.05) is 7.05 Å². The van der Waals surface area contributed by atoms with Crippen LogP contribution in [0.15, 0.2) is 30.5 Å². The lowest BCUT2D eigenvalue weighted by molar-refractivity contribution is 0.545. The summed E-state index contributed by atoms with van der Waals surface area (Å²) in [5.41, 5.74) is 2.05. The number of benzene rings is 1. The third-order valence-electron chi connectivity index (χ3n) is 3.14. The molecule has 0 aliphatic carbocycles. The summed E-state index contributed by atoms with van der Waals surface area (Å²) >= 11 is 12.4. The van der Waals surface area contributed by atoms with E-state index in [1.807, 2.05) is 49.2 Å². The maximum absolute atomic E-state index is 6.21. The Bertz CT molecular complexity index is 531. The van der Waals surface area contributed by atoms with E-state index in [2.05, 4.69) is 10.4 Å². The molecule has 1 heterocycles. The first kappa shape index (κ1) is 14.4. The smallest absolute Gasteiger partial charge is 0.0640 e. The van der Waals surface area contributed by atoms with E-state index in [0.29, 0.717) is 10.0 Å². The molecule has 0 spiro atoms. The van der Waals surface area contributed by atoms with Crippen molar-refractivity contribution in [2.24, 2.45) is 7.05 Å². The van der Waals surface area contributed by atoms with E-state index in [1.165, 1.54) is 0 Å². The Kier molecular flexibility index (Phi) is 4.86. The van der Waals surface area contributed by atoms with Gasteiger partial charge in [-0.1, -0.05) is 29.3 Å². The Morgan fingerprint density at radius 2 is 1.89 bits per heavy atom. The number of nitrogens with one attached hydrogen (secondary N) is 1. The molecular formula is C14H17Cl2N3. The van der Waals surface area contributed by atoms with Crippen LogP contribution in [0.5, 0.6) is 0 Å². The number of nitrogens with zero attached hydrogens (tertiary/aromatic N) is 2. The molecule has 1 aromatic heterocycles. The van der Waals surface area contributed by atoms with E-state index >= 15 is 0 Å². The molecule has 102 valence electrons. The van der Waals surface area contributed by atoms with Crippen molar-refractivity contribution in [1.29, 1.82) is 0 Å². The van der Waals surface area contributed by atoms with Crippen molar-refractivity contribution in [3.8, 4) is 0 Å². The molecule has 0 bridgehead atoms. The monoisotopic (exact) mass is 297 g/mol. The quantitative estimate of drug-likeness (QED) is 0.919. The molecule has 0 amide bonds. The maximum atomic E-state index is 6.21. The third kappa shape index (κ3) is 3.72. The Balaban J connectivity index is 2.11. The Labute approximate surface area is 123 Å². The summed E-state index contributed by atoms with van der Waals surface area (Å²) in [5.74, 6) is 0. The highest BCUT2D eigenvalue weighted by Gasteiger charge is 2.14. The van der Waals surface area contributed by atoms with Crippen LogP contribution in [-0.4, -0.2) is 22.9 Å². The molecule has 0 saturated heterocycles. The molecule has 3 nitrogen and oxygen atoms in total. The summed E-state index contributed by atoms with van der Waals surface area (Å²) < 4.78 is 1.81. The fourth-order valence-corrected chi connectivity index (χ4v) is 2.63. The molecular weight excluding hydrogens is 281 g/mol. The molecule has 0 aliphatic heterocycles. The molecule has 2 rings (SSSR count). The topological polar surface area (TPSA) is 29.9 Å². The van der Waals surface area contributed by atoms with E-state index in [0.717, 1.165) is 24.1 Å². The molecule has 1 atom stereocenters. The highest BCUT2D eigenvalue weighted by Crippen LogP contribution is 2.26. The van der Waals surface area contributed by atoms with Crippen LogP contribution in [0.2, 0.25) is 10.0 Å². The van der Waals surface area contributed by atoms with E-state index in [4.69, 9.17) is 23.2 Å². The van der Waals surface area contributed by atoms with Crippen LogP contribution >= 0.6 is 23.2 Å². The predicted octanol–water partition coefficient (Wildman–Crippen LogP) is 3.10. The van der Waals surface area contributed by atoms with Gasteiger partial charge in [0.15, 0.2) is 0 Å². The Morgan fingerprint density at radius 1 is 1.21 bits per heavy atom. The molecule has 1 N–H and O–H groups in total. The van der Waals surface area contributed by atoms with Crippen molar-refractivity contribution in [2.45, 2.75) is 18.9 Å².